The molecule has 0 aromatic carbocycles. The van der Waals surface area contributed by atoms with Gasteiger partial charge in [0, 0.05) is 19.2 Å². The van der Waals surface area contributed by atoms with Gasteiger partial charge in [0.25, 0.3) is 0 Å². The van der Waals surface area contributed by atoms with Gasteiger partial charge in [-0.1, -0.05) is 11.6 Å². The van der Waals surface area contributed by atoms with Gasteiger partial charge in [0.15, 0.2) is 14.9 Å². The summed E-state index contributed by atoms with van der Waals surface area (Å²) >= 11 is 5.74. The van der Waals surface area contributed by atoms with Crippen molar-refractivity contribution in [1.82, 2.24) is 14.9 Å². The molecule has 1 atom stereocenters. The second kappa shape index (κ2) is 6.60. The second-order valence-corrected chi connectivity index (χ2v) is 8.98. The zero-order chi connectivity index (χ0) is 17.3. The topological polar surface area (TPSA) is 89.5 Å². The van der Waals surface area contributed by atoms with Crippen molar-refractivity contribution in [2.24, 2.45) is 0 Å². The van der Waals surface area contributed by atoms with Gasteiger partial charge in [0.2, 0.25) is 0 Å². The van der Waals surface area contributed by atoms with E-state index in [2.05, 4.69) is 9.97 Å². The lowest BCUT2D eigenvalue weighted by Gasteiger charge is -2.33. The second-order valence-electron chi connectivity index (χ2n) is 6.41. The molecule has 1 aliphatic heterocycles. The van der Waals surface area contributed by atoms with Crippen LogP contribution in [0.3, 0.4) is 0 Å². The molecule has 1 amide bonds. The molecule has 0 bridgehead atoms. The number of piperidine rings is 1. The lowest BCUT2D eigenvalue weighted by molar-refractivity contribution is 0.0219. The Hall–Kier alpha value is -1.41. The summed E-state index contributed by atoms with van der Waals surface area (Å²) in [6.45, 7) is 5.87. The van der Waals surface area contributed by atoms with Crippen LogP contribution in [-0.2, 0) is 14.6 Å². The fourth-order valence-corrected chi connectivity index (χ4v) is 4.20. The number of aromatic nitrogens is 2. The van der Waals surface area contributed by atoms with E-state index in [1.807, 2.05) is 0 Å². The van der Waals surface area contributed by atoms with Gasteiger partial charge in [0.1, 0.15) is 17.1 Å². The molecule has 0 unspecified atom stereocenters. The van der Waals surface area contributed by atoms with Crippen molar-refractivity contribution < 1.29 is 17.9 Å². The minimum atomic E-state index is -3.68. The minimum absolute atomic E-state index is 0.0679. The van der Waals surface area contributed by atoms with Gasteiger partial charge in [-0.2, -0.15) is 0 Å². The number of carbonyl (C=O) groups is 1. The van der Waals surface area contributed by atoms with E-state index in [1.54, 1.807) is 20.8 Å². The van der Waals surface area contributed by atoms with E-state index in [4.69, 9.17) is 16.3 Å². The number of rotatable bonds is 2. The number of hydrogen-bond donors (Lipinski definition) is 0. The van der Waals surface area contributed by atoms with Crippen LogP contribution in [0.2, 0.25) is 5.15 Å². The zero-order valence-electron chi connectivity index (χ0n) is 13.3. The lowest BCUT2D eigenvalue weighted by Crippen LogP contribution is -2.47. The molecule has 9 heteroatoms. The smallest absolute Gasteiger partial charge is 0.410 e. The largest absolute Gasteiger partial charge is 0.444 e. The molecule has 7 nitrogen and oxygen atoms in total. The number of carbonyl (C=O) groups excluding carboxylic acids is 1. The fourth-order valence-electron chi connectivity index (χ4n) is 2.33. The molecule has 0 spiro atoms. The summed E-state index contributed by atoms with van der Waals surface area (Å²) in [5.74, 6) is 0. The zero-order valence-corrected chi connectivity index (χ0v) is 14.9. The number of nitrogens with zero attached hydrogens (tertiary/aromatic N) is 3. The molecule has 1 fully saturated rings. The Morgan fingerprint density at radius 2 is 2.09 bits per heavy atom. The number of ether oxygens (including phenoxy) is 1. The van der Waals surface area contributed by atoms with E-state index in [-0.39, 0.29) is 16.7 Å². The van der Waals surface area contributed by atoms with Gasteiger partial charge >= 0.3 is 6.09 Å². The van der Waals surface area contributed by atoms with Crippen LogP contribution >= 0.6 is 11.6 Å². The van der Waals surface area contributed by atoms with Crippen molar-refractivity contribution in [3.05, 3.63) is 17.5 Å². The third-order valence-electron chi connectivity index (χ3n) is 3.37. The first-order valence-corrected chi connectivity index (χ1v) is 9.21. The third-order valence-corrected chi connectivity index (χ3v) is 5.64. The van der Waals surface area contributed by atoms with Crippen LogP contribution in [0.25, 0.3) is 0 Å². The van der Waals surface area contributed by atoms with Crippen molar-refractivity contribution in [3.8, 4) is 0 Å². The first kappa shape index (κ1) is 17.9. The van der Waals surface area contributed by atoms with Crippen LogP contribution in [0.5, 0.6) is 0 Å². The molecule has 0 N–H and O–H groups in total. The molecule has 128 valence electrons. The predicted octanol–water partition coefficient (Wildman–Crippen LogP) is 2.30. The van der Waals surface area contributed by atoms with E-state index in [1.165, 1.54) is 11.0 Å². The van der Waals surface area contributed by atoms with Crippen molar-refractivity contribution in [2.45, 2.75) is 49.5 Å². The first-order chi connectivity index (χ1) is 10.6. The van der Waals surface area contributed by atoms with Crippen molar-refractivity contribution in [3.63, 3.8) is 0 Å². The Balaban J connectivity index is 2.16. The van der Waals surface area contributed by atoms with Gasteiger partial charge in [-0.15, -0.1) is 0 Å². The van der Waals surface area contributed by atoms with E-state index < -0.39 is 26.8 Å². The maximum absolute atomic E-state index is 12.7. The van der Waals surface area contributed by atoms with Crippen LogP contribution < -0.4 is 0 Å². The predicted molar refractivity (Wildman–Crippen MR) is 85.1 cm³/mol. The summed E-state index contributed by atoms with van der Waals surface area (Å²) in [5, 5.41) is -0.776. The standard InChI is InChI=1S/C14H20ClN3O4S/c1-14(2,3)22-13(19)18-6-4-5-10(8-18)23(20,21)12-7-11(15)16-9-17-12/h7,9-10H,4-6,8H2,1-3H3/t10-/m1/s1. The van der Waals surface area contributed by atoms with Crippen LogP contribution in [0, 0.1) is 0 Å². The summed E-state index contributed by atoms with van der Waals surface area (Å²) in [6, 6.07) is 1.23. The number of halogens is 1. The molecule has 0 saturated carbocycles. The Morgan fingerprint density at radius 3 is 2.70 bits per heavy atom. The molecule has 1 aliphatic rings. The van der Waals surface area contributed by atoms with Gasteiger partial charge in [-0.05, 0) is 33.6 Å². The normalized spacial score (nSPS) is 19.5. The van der Waals surface area contributed by atoms with Gasteiger partial charge in [0.05, 0.1) is 5.25 Å². The van der Waals surface area contributed by atoms with Crippen LogP contribution in [-0.4, -0.2) is 53.3 Å². The molecule has 0 radical (unpaired) electrons. The molecule has 0 aliphatic carbocycles. The number of likely N-dealkylation sites (tertiary alicyclic amines) is 1. The maximum Gasteiger partial charge on any atom is 0.410 e. The van der Waals surface area contributed by atoms with Crippen LogP contribution in [0.15, 0.2) is 17.4 Å². The molecule has 2 heterocycles. The SMILES string of the molecule is CC(C)(C)OC(=O)N1CCC[C@@H](S(=O)(=O)c2cc(Cl)ncn2)C1. The van der Waals surface area contributed by atoms with E-state index in [9.17, 15) is 13.2 Å². The first-order valence-electron chi connectivity index (χ1n) is 7.29. The highest BCUT2D eigenvalue weighted by Crippen LogP contribution is 2.24. The average Bonchev–Trinajstić information content (AvgIpc) is 2.45. The van der Waals surface area contributed by atoms with Gasteiger partial charge < -0.3 is 9.64 Å². The lowest BCUT2D eigenvalue weighted by atomic mass is 10.1. The Bertz CT molecular complexity index is 688. The van der Waals surface area contributed by atoms with Crippen molar-refractivity contribution in [1.29, 1.82) is 0 Å². The molecular formula is C14H20ClN3O4S. The molecule has 23 heavy (non-hydrogen) atoms. The molecule has 1 aromatic rings. The van der Waals surface area contributed by atoms with Gasteiger partial charge in [-0.25, -0.2) is 23.2 Å². The Labute approximate surface area is 140 Å². The fraction of sp³-hybridized carbons (Fsp3) is 0.643. The highest BCUT2D eigenvalue weighted by molar-refractivity contribution is 7.92. The Morgan fingerprint density at radius 1 is 1.39 bits per heavy atom. The van der Waals surface area contributed by atoms with Gasteiger partial charge in [-0.3, -0.25) is 0 Å². The summed E-state index contributed by atoms with van der Waals surface area (Å²) in [4.78, 5) is 21.1. The van der Waals surface area contributed by atoms with Crippen molar-refractivity contribution in [2.75, 3.05) is 13.1 Å². The van der Waals surface area contributed by atoms with Crippen molar-refractivity contribution >= 4 is 27.5 Å². The number of sulfone groups is 1. The highest BCUT2D eigenvalue weighted by atomic mass is 35.5. The number of hydrogen-bond acceptors (Lipinski definition) is 6. The molecular weight excluding hydrogens is 342 g/mol. The summed E-state index contributed by atoms with van der Waals surface area (Å²) in [7, 11) is -3.68. The summed E-state index contributed by atoms with van der Waals surface area (Å²) in [5.41, 5.74) is -0.622. The monoisotopic (exact) mass is 361 g/mol. The van der Waals surface area contributed by atoms with E-state index in [0.717, 1.165) is 6.33 Å². The number of amides is 1. The Kier molecular flexibility index (Phi) is 5.15. The summed E-state index contributed by atoms with van der Waals surface area (Å²) in [6.07, 6.45) is 1.66. The minimum Gasteiger partial charge on any atom is -0.444 e. The molecule has 1 aromatic heterocycles. The summed E-state index contributed by atoms with van der Waals surface area (Å²) < 4.78 is 30.6. The van der Waals surface area contributed by atoms with E-state index in [0.29, 0.717) is 19.4 Å². The molecule has 1 saturated heterocycles. The van der Waals surface area contributed by atoms with Crippen LogP contribution in [0.1, 0.15) is 33.6 Å². The molecule has 2 rings (SSSR count). The quantitative estimate of drug-likeness (QED) is 0.751. The average molecular weight is 362 g/mol. The maximum atomic E-state index is 12.7. The highest BCUT2D eigenvalue weighted by Gasteiger charge is 2.36. The van der Waals surface area contributed by atoms with E-state index >= 15 is 0 Å². The van der Waals surface area contributed by atoms with Crippen LogP contribution in [0.4, 0.5) is 4.79 Å². The third kappa shape index (κ3) is 4.54.